The van der Waals surface area contributed by atoms with Crippen molar-refractivity contribution >= 4 is 11.8 Å². The Morgan fingerprint density at radius 1 is 1.44 bits per heavy atom. The molecular weight excluding hydrogens is 236 g/mol. The Hall–Kier alpha value is -2.11. The number of aromatic nitrogens is 1. The minimum atomic E-state index is -1.16. The first-order chi connectivity index (χ1) is 8.50. The zero-order chi connectivity index (χ0) is 13.3. The highest BCUT2D eigenvalue weighted by Crippen LogP contribution is 2.26. The largest absolute Gasteiger partial charge is 0.476 e. The van der Waals surface area contributed by atoms with E-state index in [2.05, 4.69) is 5.16 Å². The van der Waals surface area contributed by atoms with E-state index in [1.807, 2.05) is 14.1 Å². The molecule has 0 aromatic carbocycles. The van der Waals surface area contributed by atoms with Gasteiger partial charge < -0.3 is 14.5 Å². The Balaban J connectivity index is 2.45. The number of fused-ring (bicyclic) bond motifs is 1. The molecule has 1 heterocycles. The minimum absolute atomic E-state index is 0.0676. The molecule has 1 aromatic heterocycles. The molecule has 0 spiro atoms. The van der Waals surface area contributed by atoms with Crippen molar-refractivity contribution in [2.24, 2.45) is 0 Å². The van der Waals surface area contributed by atoms with Crippen molar-refractivity contribution in [3.8, 4) is 0 Å². The smallest absolute Gasteiger partial charge is 0.358 e. The fourth-order valence-corrected chi connectivity index (χ4v) is 2.04. The van der Waals surface area contributed by atoms with Gasteiger partial charge in [-0.3, -0.25) is 4.79 Å². The van der Waals surface area contributed by atoms with Crippen LogP contribution < -0.4 is 0 Å². The van der Waals surface area contributed by atoms with Crippen LogP contribution in [0.2, 0.25) is 0 Å². The Bertz CT molecular complexity index is 528. The van der Waals surface area contributed by atoms with Crippen LogP contribution in [0.15, 0.2) is 16.3 Å². The van der Waals surface area contributed by atoms with Crippen molar-refractivity contribution in [2.75, 3.05) is 14.1 Å². The summed E-state index contributed by atoms with van der Waals surface area (Å²) in [5.41, 5.74) is 0.881. The van der Waals surface area contributed by atoms with Gasteiger partial charge >= 0.3 is 5.97 Å². The number of nitrogens with zero attached hydrogens (tertiary/aromatic N) is 2. The third-order valence-electron chi connectivity index (χ3n) is 2.78. The molecule has 0 unspecified atom stereocenters. The van der Waals surface area contributed by atoms with E-state index in [9.17, 15) is 9.59 Å². The summed E-state index contributed by atoms with van der Waals surface area (Å²) in [5, 5.41) is 12.4. The van der Waals surface area contributed by atoms with Gasteiger partial charge in [-0.2, -0.15) is 0 Å². The van der Waals surface area contributed by atoms with Crippen molar-refractivity contribution in [1.82, 2.24) is 10.1 Å². The number of rotatable bonds is 2. The highest BCUT2D eigenvalue weighted by atomic mass is 16.5. The van der Waals surface area contributed by atoms with Crippen LogP contribution in [0, 0.1) is 0 Å². The lowest BCUT2D eigenvalue weighted by atomic mass is 10.1. The van der Waals surface area contributed by atoms with E-state index in [1.54, 1.807) is 11.1 Å². The van der Waals surface area contributed by atoms with Crippen molar-refractivity contribution < 1.29 is 19.2 Å². The third-order valence-corrected chi connectivity index (χ3v) is 2.78. The number of hydrogen-bond donors (Lipinski definition) is 1. The van der Waals surface area contributed by atoms with Crippen LogP contribution in [-0.2, 0) is 6.42 Å². The van der Waals surface area contributed by atoms with Crippen LogP contribution in [0.1, 0.15) is 39.4 Å². The average molecular weight is 250 g/mol. The van der Waals surface area contributed by atoms with Crippen molar-refractivity contribution in [3.63, 3.8) is 0 Å². The quantitative estimate of drug-likeness (QED) is 0.629. The highest BCUT2D eigenvalue weighted by Gasteiger charge is 2.30. The molecule has 1 N–H and O–H groups in total. The van der Waals surface area contributed by atoms with Crippen LogP contribution in [0.4, 0.5) is 0 Å². The monoisotopic (exact) mass is 250 g/mol. The van der Waals surface area contributed by atoms with E-state index in [-0.39, 0.29) is 17.2 Å². The van der Waals surface area contributed by atoms with Crippen LogP contribution in [-0.4, -0.2) is 41.0 Å². The molecule has 96 valence electrons. The van der Waals surface area contributed by atoms with E-state index >= 15 is 0 Å². The molecule has 6 heteroatoms. The number of carbonyl (C=O) groups is 2. The predicted octanol–water partition coefficient (Wildman–Crippen LogP) is 1.34. The summed E-state index contributed by atoms with van der Waals surface area (Å²) < 4.78 is 4.91. The zero-order valence-electron chi connectivity index (χ0n) is 10.3. The summed E-state index contributed by atoms with van der Waals surface area (Å²) in [6, 6.07) is 0. The average Bonchev–Trinajstić information content (AvgIpc) is 2.64. The van der Waals surface area contributed by atoms with Crippen molar-refractivity contribution in [2.45, 2.75) is 19.3 Å². The molecule has 1 aromatic rings. The number of carboxylic acid groups (broad SMARTS) is 1. The summed E-state index contributed by atoms with van der Waals surface area (Å²) in [6.45, 7) is 0. The number of hydrogen-bond acceptors (Lipinski definition) is 5. The molecular formula is C12H14N2O4. The maximum atomic E-state index is 12.2. The maximum absolute atomic E-state index is 12.2. The van der Waals surface area contributed by atoms with E-state index in [4.69, 9.17) is 9.63 Å². The van der Waals surface area contributed by atoms with Crippen LogP contribution in [0.25, 0.3) is 0 Å². The molecule has 0 saturated heterocycles. The summed E-state index contributed by atoms with van der Waals surface area (Å²) in [5.74, 6) is -1.36. The van der Waals surface area contributed by atoms with Gasteiger partial charge in [0.2, 0.25) is 11.5 Å². The molecule has 18 heavy (non-hydrogen) atoms. The highest BCUT2D eigenvalue weighted by molar-refractivity contribution is 6.09. The van der Waals surface area contributed by atoms with Gasteiger partial charge in [0, 0.05) is 31.4 Å². The predicted molar refractivity (Wildman–Crippen MR) is 62.5 cm³/mol. The number of ketones is 1. The standard InChI is InChI=1S/C12H14N2O4/c1-14(2)6-7-4-3-5-8-9(12(16)17)13-18-11(8)10(7)15/h6H,3-5H2,1-2H3,(H,16,17). The van der Waals surface area contributed by atoms with Crippen molar-refractivity contribution in [3.05, 3.63) is 28.8 Å². The lowest BCUT2D eigenvalue weighted by Gasteiger charge is -2.08. The fraction of sp³-hybridized carbons (Fsp3) is 0.417. The fourth-order valence-electron chi connectivity index (χ4n) is 2.04. The van der Waals surface area contributed by atoms with E-state index < -0.39 is 5.97 Å². The summed E-state index contributed by atoms with van der Waals surface area (Å²) in [7, 11) is 3.66. The van der Waals surface area contributed by atoms with Gasteiger partial charge in [0.25, 0.3) is 0 Å². The lowest BCUT2D eigenvalue weighted by Crippen LogP contribution is -2.09. The molecule has 0 aliphatic heterocycles. The normalized spacial score (nSPS) is 17.4. The SMILES string of the molecule is CN(C)C=C1CCCc2c(C(=O)O)noc2C1=O. The van der Waals surface area contributed by atoms with Crippen LogP contribution >= 0.6 is 0 Å². The molecule has 0 atom stereocenters. The molecule has 0 saturated carbocycles. The lowest BCUT2D eigenvalue weighted by molar-refractivity contribution is 0.0683. The molecule has 0 bridgehead atoms. The first kappa shape index (κ1) is 12.3. The first-order valence-corrected chi connectivity index (χ1v) is 5.64. The second-order valence-electron chi connectivity index (χ2n) is 4.44. The van der Waals surface area contributed by atoms with Gasteiger partial charge in [-0.05, 0) is 19.3 Å². The number of allylic oxidation sites excluding steroid dienone is 1. The van der Waals surface area contributed by atoms with Gasteiger partial charge in [-0.15, -0.1) is 0 Å². The molecule has 1 aliphatic rings. The Kier molecular flexibility index (Phi) is 3.18. The number of aromatic carboxylic acids is 1. The second kappa shape index (κ2) is 4.64. The third kappa shape index (κ3) is 2.13. The van der Waals surface area contributed by atoms with Gasteiger partial charge in [0.05, 0.1) is 0 Å². The maximum Gasteiger partial charge on any atom is 0.358 e. The number of carboxylic acids is 1. The van der Waals surface area contributed by atoms with Gasteiger partial charge in [-0.25, -0.2) is 4.79 Å². The van der Waals surface area contributed by atoms with Gasteiger partial charge in [0.15, 0.2) is 5.69 Å². The molecule has 0 fully saturated rings. The van der Waals surface area contributed by atoms with E-state index in [0.29, 0.717) is 30.4 Å². The Morgan fingerprint density at radius 3 is 2.78 bits per heavy atom. The molecule has 2 rings (SSSR count). The van der Waals surface area contributed by atoms with E-state index in [0.717, 1.165) is 0 Å². The van der Waals surface area contributed by atoms with Crippen LogP contribution in [0.3, 0.4) is 0 Å². The summed E-state index contributed by atoms with van der Waals surface area (Å²) in [6.07, 6.45) is 3.55. The van der Waals surface area contributed by atoms with Crippen LogP contribution in [0.5, 0.6) is 0 Å². The van der Waals surface area contributed by atoms with Gasteiger partial charge in [0.1, 0.15) is 0 Å². The minimum Gasteiger partial charge on any atom is -0.476 e. The van der Waals surface area contributed by atoms with E-state index in [1.165, 1.54) is 0 Å². The summed E-state index contributed by atoms with van der Waals surface area (Å²) >= 11 is 0. The number of Topliss-reactive ketones (excluding diaryl/α,β-unsaturated/α-hetero) is 1. The summed E-state index contributed by atoms with van der Waals surface area (Å²) in [4.78, 5) is 24.9. The van der Waals surface area contributed by atoms with Gasteiger partial charge in [-0.1, -0.05) is 5.16 Å². The number of carbonyl (C=O) groups excluding carboxylic acids is 1. The topological polar surface area (TPSA) is 83.6 Å². The first-order valence-electron chi connectivity index (χ1n) is 5.64. The molecule has 1 aliphatic carbocycles. The zero-order valence-corrected chi connectivity index (χ0v) is 10.3. The molecule has 6 nitrogen and oxygen atoms in total. The molecule has 0 amide bonds. The second-order valence-corrected chi connectivity index (χ2v) is 4.44. The molecule has 0 radical (unpaired) electrons. The Morgan fingerprint density at radius 2 is 2.17 bits per heavy atom. The Labute approximate surface area is 104 Å². The van der Waals surface area contributed by atoms with Crippen molar-refractivity contribution in [1.29, 1.82) is 0 Å².